The second-order valence-electron chi connectivity index (χ2n) is 5.64. The zero-order valence-electron chi connectivity index (χ0n) is 13.8. The average Bonchev–Trinajstić information content (AvgIpc) is 2.63. The van der Waals surface area contributed by atoms with E-state index in [0.29, 0.717) is 5.56 Å². The summed E-state index contributed by atoms with van der Waals surface area (Å²) >= 11 is 0. The highest BCUT2D eigenvalue weighted by molar-refractivity contribution is 5.95. The Hall–Kier alpha value is -3.01. The smallest absolute Gasteiger partial charge is 0.287 e. The molecule has 4 nitrogen and oxygen atoms in total. The van der Waals surface area contributed by atoms with Gasteiger partial charge in [0.15, 0.2) is 12.2 Å². The summed E-state index contributed by atoms with van der Waals surface area (Å²) in [6, 6.07) is 17.3. The molecule has 0 radical (unpaired) electrons. The van der Waals surface area contributed by atoms with Crippen molar-refractivity contribution in [2.45, 2.75) is 13.5 Å². The number of Topliss-reactive ketones (excluding diaryl/α,β-unsaturated/α-hetero) is 1. The van der Waals surface area contributed by atoms with Crippen molar-refractivity contribution in [2.75, 3.05) is 7.11 Å². The third-order valence-corrected chi connectivity index (χ3v) is 3.85. The molecule has 0 aliphatic heterocycles. The van der Waals surface area contributed by atoms with Crippen LogP contribution in [0, 0.1) is 6.92 Å². The molecule has 0 aliphatic carbocycles. The Balaban J connectivity index is 1.71. The quantitative estimate of drug-likeness (QED) is 0.535. The van der Waals surface area contributed by atoms with Crippen molar-refractivity contribution in [3.63, 3.8) is 0 Å². The van der Waals surface area contributed by atoms with E-state index < -0.39 is 0 Å². The van der Waals surface area contributed by atoms with E-state index in [1.54, 1.807) is 42.3 Å². The van der Waals surface area contributed by atoms with E-state index >= 15 is 0 Å². The second-order valence-corrected chi connectivity index (χ2v) is 5.64. The standard InChI is InChI=1S/C20H19N2O2/c1-15-3-5-16(6-4-15)19-11-12-22(14-21-19)13-20(23)17-7-9-18(24-2)10-8-17/h3-12,14H,13H2,1-2H3/q+1. The van der Waals surface area contributed by atoms with Crippen LogP contribution in [0.15, 0.2) is 67.1 Å². The normalized spacial score (nSPS) is 10.4. The van der Waals surface area contributed by atoms with Gasteiger partial charge in [-0.05, 0) is 36.2 Å². The average molecular weight is 319 g/mol. The van der Waals surface area contributed by atoms with E-state index in [2.05, 4.69) is 24.0 Å². The number of ether oxygens (including phenoxy) is 1. The van der Waals surface area contributed by atoms with E-state index in [1.807, 2.05) is 24.4 Å². The molecule has 0 fully saturated rings. The minimum Gasteiger partial charge on any atom is -0.497 e. The molecule has 0 bridgehead atoms. The minimum absolute atomic E-state index is 0.0348. The van der Waals surface area contributed by atoms with Crippen LogP contribution in [0.3, 0.4) is 0 Å². The summed E-state index contributed by atoms with van der Waals surface area (Å²) in [4.78, 5) is 16.8. The van der Waals surface area contributed by atoms with E-state index in [0.717, 1.165) is 17.0 Å². The van der Waals surface area contributed by atoms with Crippen molar-refractivity contribution in [2.24, 2.45) is 0 Å². The Morgan fingerprint density at radius 2 is 1.75 bits per heavy atom. The molecule has 0 saturated heterocycles. The maximum Gasteiger partial charge on any atom is 0.287 e. The molecule has 120 valence electrons. The lowest BCUT2D eigenvalue weighted by atomic mass is 10.1. The molecule has 0 spiro atoms. The van der Waals surface area contributed by atoms with Gasteiger partial charge in [0.25, 0.3) is 6.33 Å². The predicted octanol–water partition coefficient (Wildman–Crippen LogP) is 3.24. The largest absolute Gasteiger partial charge is 0.497 e. The fraction of sp³-hybridized carbons (Fsp3) is 0.150. The van der Waals surface area contributed by atoms with Crippen molar-refractivity contribution < 1.29 is 14.1 Å². The summed E-state index contributed by atoms with van der Waals surface area (Å²) in [5.74, 6) is 0.774. The lowest BCUT2D eigenvalue weighted by Gasteiger charge is -2.03. The van der Waals surface area contributed by atoms with Crippen LogP contribution in [0.4, 0.5) is 0 Å². The van der Waals surface area contributed by atoms with Crippen LogP contribution in [0.5, 0.6) is 5.75 Å². The van der Waals surface area contributed by atoms with Crippen molar-refractivity contribution >= 4 is 5.78 Å². The maximum atomic E-state index is 12.3. The number of nitrogens with zero attached hydrogens (tertiary/aromatic N) is 2. The molecule has 4 heteroatoms. The topological polar surface area (TPSA) is 43.1 Å². The summed E-state index contributed by atoms with van der Waals surface area (Å²) in [6.07, 6.45) is 3.57. The fourth-order valence-corrected chi connectivity index (χ4v) is 2.41. The molecule has 1 aromatic heterocycles. The molecule has 1 heterocycles. The third-order valence-electron chi connectivity index (χ3n) is 3.85. The summed E-state index contributed by atoms with van der Waals surface area (Å²) in [6.45, 7) is 2.31. The van der Waals surface area contributed by atoms with Crippen molar-refractivity contribution in [3.8, 4) is 17.0 Å². The molecule has 0 saturated carbocycles. The third kappa shape index (κ3) is 3.66. The summed E-state index contributed by atoms with van der Waals surface area (Å²) in [5, 5.41) is 0. The Morgan fingerprint density at radius 3 is 2.33 bits per heavy atom. The Bertz CT molecular complexity index is 823. The first-order chi connectivity index (χ1) is 11.7. The number of carbonyl (C=O) groups excluding carboxylic acids is 1. The first kappa shape index (κ1) is 15.9. The summed E-state index contributed by atoms with van der Waals surface area (Å²) in [5.41, 5.74) is 3.83. The van der Waals surface area contributed by atoms with E-state index in [4.69, 9.17) is 4.74 Å². The van der Waals surface area contributed by atoms with Gasteiger partial charge in [-0.2, -0.15) is 0 Å². The van der Waals surface area contributed by atoms with E-state index in [-0.39, 0.29) is 12.3 Å². The zero-order chi connectivity index (χ0) is 16.9. The van der Waals surface area contributed by atoms with Crippen molar-refractivity contribution in [3.05, 3.63) is 78.2 Å². The number of aromatic nitrogens is 2. The Kier molecular flexibility index (Phi) is 4.66. The van der Waals surface area contributed by atoms with Gasteiger partial charge < -0.3 is 4.74 Å². The van der Waals surface area contributed by atoms with E-state index in [9.17, 15) is 4.79 Å². The Labute approximate surface area is 141 Å². The molecule has 0 atom stereocenters. The van der Waals surface area contributed by atoms with Crippen molar-refractivity contribution in [1.29, 1.82) is 0 Å². The van der Waals surface area contributed by atoms with Gasteiger partial charge in [-0.3, -0.25) is 4.79 Å². The predicted molar refractivity (Wildman–Crippen MR) is 91.9 cm³/mol. The van der Waals surface area contributed by atoms with Gasteiger partial charge >= 0.3 is 0 Å². The summed E-state index contributed by atoms with van der Waals surface area (Å²) < 4.78 is 6.89. The van der Waals surface area contributed by atoms with Crippen LogP contribution in [0.25, 0.3) is 11.3 Å². The number of methoxy groups -OCH3 is 1. The van der Waals surface area contributed by atoms with Crippen LogP contribution in [0.2, 0.25) is 0 Å². The number of ketones is 1. The molecule has 0 amide bonds. The second kappa shape index (κ2) is 7.04. The molecule has 0 N–H and O–H groups in total. The highest BCUT2D eigenvalue weighted by Crippen LogP contribution is 2.16. The van der Waals surface area contributed by atoms with Gasteiger partial charge in [-0.1, -0.05) is 29.8 Å². The van der Waals surface area contributed by atoms with Crippen LogP contribution in [-0.4, -0.2) is 17.9 Å². The van der Waals surface area contributed by atoms with Crippen LogP contribution < -0.4 is 9.30 Å². The molecule has 0 aliphatic rings. The molecule has 3 rings (SSSR count). The first-order valence-corrected chi connectivity index (χ1v) is 7.75. The molecular weight excluding hydrogens is 300 g/mol. The molecule has 0 unspecified atom stereocenters. The summed E-state index contributed by atoms with van der Waals surface area (Å²) in [7, 11) is 1.61. The van der Waals surface area contributed by atoms with Gasteiger partial charge in [0.05, 0.1) is 13.3 Å². The molecular formula is C20H19N2O2+. The molecule has 24 heavy (non-hydrogen) atoms. The van der Waals surface area contributed by atoms with Crippen LogP contribution >= 0.6 is 0 Å². The van der Waals surface area contributed by atoms with Gasteiger partial charge in [-0.25, -0.2) is 4.57 Å². The van der Waals surface area contributed by atoms with Gasteiger partial charge in [0.1, 0.15) is 5.75 Å². The first-order valence-electron chi connectivity index (χ1n) is 7.75. The number of hydrogen-bond acceptors (Lipinski definition) is 3. The number of carbonyl (C=O) groups is 1. The number of rotatable bonds is 5. The lowest BCUT2D eigenvalue weighted by Crippen LogP contribution is -2.37. The van der Waals surface area contributed by atoms with Crippen LogP contribution in [-0.2, 0) is 6.54 Å². The SMILES string of the molecule is COc1ccc(C(=O)C[n+]2ccc(-c3ccc(C)cc3)nc2)cc1. The highest BCUT2D eigenvalue weighted by Gasteiger charge is 2.12. The Morgan fingerprint density at radius 1 is 1.04 bits per heavy atom. The fourth-order valence-electron chi connectivity index (χ4n) is 2.41. The minimum atomic E-state index is 0.0348. The number of aryl methyl sites for hydroxylation is 1. The highest BCUT2D eigenvalue weighted by atomic mass is 16.5. The van der Waals surface area contributed by atoms with Gasteiger partial charge in [0.2, 0.25) is 5.78 Å². The number of benzene rings is 2. The lowest BCUT2D eigenvalue weighted by molar-refractivity contribution is -0.686. The van der Waals surface area contributed by atoms with Crippen LogP contribution in [0.1, 0.15) is 15.9 Å². The van der Waals surface area contributed by atoms with E-state index in [1.165, 1.54) is 5.56 Å². The van der Waals surface area contributed by atoms with Crippen molar-refractivity contribution in [1.82, 2.24) is 4.98 Å². The van der Waals surface area contributed by atoms with Gasteiger partial charge in [-0.15, -0.1) is 0 Å². The maximum absolute atomic E-state index is 12.3. The monoisotopic (exact) mass is 319 g/mol. The zero-order valence-corrected chi connectivity index (χ0v) is 13.8. The molecule has 3 aromatic rings. The number of hydrogen-bond donors (Lipinski definition) is 0. The van der Waals surface area contributed by atoms with Gasteiger partial charge in [0, 0.05) is 17.2 Å². The molecule has 2 aromatic carbocycles.